The van der Waals surface area contributed by atoms with E-state index in [9.17, 15) is 4.79 Å². The number of carbonyl (C=O) groups excluding carboxylic acids is 1. The van der Waals surface area contributed by atoms with Crippen LogP contribution in [0.3, 0.4) is 0 Å². The van der Waals surface area contributed by atoms with Crippen molar-refractivity contribution in [2.75, 3.05) is 20.1 Å². The summed E-state index contributed by atoms with van der Waals surface area (Å²) >= 11 is 9.48. The monoisotopic (exact) mass is 366 g/mol. The van der Waals surface area contributed by atoms with E-state index < -0.39 is 0 Å². The summed E-state index contributed by atoms with van der Waals surface area (Å²) in [6.07, 6.45) is 2.12. The van der Waals surface area contributed by atoms with Gasteiger partial charge in [-0.25, -0.2) is 0 Å². The van der Waals surface area contributed by atoms with Gasteiger partial charge in [0.25, 0.3) is 5.91 Å². The quantitative estimate of drug-likeness (QED) is 0.888. The molecule has 1 atom stereocenters. The van der Waals surface area contributed by atoms with E-state index in [1.54, 1.807) is 12.1 Å². The molecule has 0 saturated carbocycles. The first-order valence-electron chi connectivity index (χ1n) is 6.04. The van der Waals surface area contributed by atoms with Crippen LogP contribution in [-0.2, 0) is 0 Å². The number of nitrogens with one attached hydrogen (secondary N) is 1. The molecule has 0 aromatic heterocycles. The van der Waals surface area contributed by atoms with Crippen molar-refractivity contribution in [3.63, 3.8) is 0 Å². The fourth-order valence-corrected chi connectivity index (χ4v) is 3.12. The Balaban J connectivity index is 0.00000180. The zero-order valence-electron chi connectivity index (χ0n) is 10.7. The van der Waals surface area contributed by atoms with Crippen molar-refractivity contribution in [1.29, 1.82) is 0 Å². The molecule has 1 aromatic rings. The van der Waals surface area contributed by atoms with E-state index in [-0.39, 0.29) is 24.4 Å². The maximum Gasteiger partial charge on any atom is 0.255 e. The minimum atomic E-state index is 0. The van der Waals surface area contributed by atoms with Crippen molar-refractivity contribution in [2.24, 2.45) is 0 Å². The standard InChI is InChI=1S/C13H16BrClN2O.ClH/c1-16-8-10-3-2-6-17(10)13(18)11-5-4-9(14)7-12(11)15;/h4-5,7,10,16H,2-3,6,8H2,1H3;1H. The lowest BCUT2D eigenvalue weighted by Crippen LogP contribution is -2.40. The van der Waals surface area contributed by atoms with E-state index in [2.05, 4.69) is 21.2 Å². The van der Waals surface area contributed by atoms with Crippen LogP contribution < -0.4 is 5.32 Å². The largest absolute Gasteiger partial charge is 0.334 e. The lowest BCUT2D eigenvalue weighted by Gasteiger charge is -2.25. The molecular weight excluding hydrogens is 351 g/mol. The third-order valence-corrected chi connectivity index (χ3v) is 4.05. The van der Waals surface area contributed by atoms with Crippen molar-refractivity contribution in [3.05, 3.63) is 33.3 Å². The van der Waals surface area contributed by atoms with Gasteiger partial charge < -0.3 is 10.2 Å². The topological polar surface area (TPSA) is 32.3 Å². The van der Waals surface area contributed by atoms with E-state index in [0.29, 0.717) is 10.6 Å². The molecule has 1 amide bonds. The van der Waals surface area contributed by atoms with E-state index in [0.717, 1.165) is 30.4 Å². The summed E-state index contributed by atoms with van der Waals surface area (Å²) in [4.78, 5) is 14.4. The summed E-state index contributed by atoms with van der Waals surface area (Å²) < 4.78 is 0.886. The summed E-state index contributed by atoms with van der Waals surface area (Å²) in [5.41, 5.74) is 0.586. The minimum Gasteiger partial charge on any atom is -0.334 e. The van der Waals surface area contributed by atoms with Gasteiger partial charge in [-0.15, -0.1) is 12.4 Å². The predicted molar refractivity (Wildman–Crippen MR) is 84.4 cm³/mol. The lowest BCUT2D eigenvalue weighted by molar-refractivity contribution is 0.0737. The van der Waals surface area contributed by atoms with Crippen molar-refractivity contribution >= 4 is 45.8 Å². The number of hydrogen-bond acceptors (Lipinski definition) is 2. The predicted octanol–water partition coefficient (Wildman–Crippen LogP) is 3.35. The molecule has 0 spiro atoms. The first-order valence-corrected chi connectivity index (χ1v) is 7.21. The molecule has 3 nitrogen and oxygen atoms in total. The second-order valence-electron chi connectivity index (χ2n) is 4.48. The molecule has 1 aromatic carbocycles. The molecule has 19 heavy (non-hydrogen) atoms. The summed E-state index contributed by atoms with van der Waals surface area (Å²) in [5, 5.41) is 3.64. The second kappa shape index (κ2) is 7.48. The number of likely N-dealkylation sites (tertiary alicyclic amines) is 1. The van der Waals surface area contributed by atoms with Crippen LogP contribution in [-0.4, -0.2) is 37.0 Å². The molecule has 1 unspecified atom stereocenters. The zero-order valence-corrected chi connectivity index (χ0v) is 13.8. The van der Waals surface area contributed by atoms with Crippen molar-refractivity contribution < 1.29 is 4.79 Å². The Morgan fingerprint density at radius 1 is 1.58 bits per heavy atom. The highest BCUT2D eigenvalue weighted by Gasteiger charge is 2.29. The van der Waals surface area contributed by atoms with Crippen LogP contribution in [0.2, 0.25) is 5.02 Å². The van der Waals surface area contributed by atoms with Crippen LogP contribution in [0.15, 0.2) is 22.7 Å². The van der Waals surface area contributed by atoms with Crippen molar-refractivity contribution in [3.8, 4) is 0 Å². The fourth-order valence-electron chi connectivity index (χ4n) is 2.37. The summed E-state index contributed by atoms with van der Waals surface area (Å²) in [7, 11) is 1.91. The highest BCUT2D eigenvalue weighted by atomic mass is 79.9. The van der Waals surface area contributed by atoms with Gasteiger partial charge in [-0.1, -0.05) is 27.5 Å². The van der Waals surface area contributed by atoms with Crippen LogP contribution in [0.5, 0.6) is 0 Å². The number of halogens is 3. The normalized spacial score (nSPS) is 18.3. The maximum absolute atomic E-state index is 12.5. The average molecular weight is 368 g/mol. The van der Waals surface area contributed by atoms with Crippen LogP contribution >= 0.6 is 39.9 Å². The Kier molecular flexibility index (Phi) is 6.60. The minimum absolute atomic E-state index is 0. The van der Waals surface area contributed by atoms with Gasteiger partial charge in [-0.2, -0.15) is 0 Å². The van der Waals surface area contributed by atoms with Crippen molar-refractivity contribution in [2.45, 2.75) is 18.9 Å². The first kappa shape index (κ1) is 16.8. The van der Waals surface area contributed by atoms with Gasteiger partial charge >= 0.3 is 0 Å². The van der Waals surface area contributed by atoms with E-state index in [4.69, 9.17) is 11.6 Å². The molecule has 1 N–H and O–H groups in total. The Labute approximate surface area is 133 Å². The van der Waals surface area contributed by atoms with E-state index in [1.165, 1.54) is 0 Å². The van der Waals surface area contributed by atoms with Gasteiger partial charge in [0.2, 0.25) is 0 Å². The van der Waals surface area contributed by atoms with Gasteiger partial charge in [0.05, 0.1) is 10.6 Å². The Hall–Kier alpha value is -0.290. The van der Waals surface area contributed by atoms with Gasteiger partial charge in [0, 0.05) is 23.6 Å². The zero-order chi connectivity index (χ0) is 13.1. The number of benzene rings is 1. The maximum atomic E-state index is 12.5. The molecule has 0 aliphatic carbocycles. The smallest absolute Gasteiger partial charge is 0.255 e. The highest BCUT2D eigenvalue weighted by molar-refractivity contribution is 9.10. The third-order valence-electron chi connectivity index (χ3n) is 3.24. The fraction of sp³-hybridized carbons (Fsp3) is 0.462. The average Bonchev–Trinajstić information content (AvgIpc) is 2.77. The molecule has 106 valence electrons. The Morgan fingerprint density at radius 2 is 2.32 bits per heavy atom. The number of likely N-dealkylation sites (N-methyl/N-ethyl adjacent to an activating group) is 1. The van der Waals surface area contributed by atoms with E-state index >= 15 is 0 Å². The Bertz CT molecular complexity index is 456. The molecule has 1 aliphatic heterocycles. The number of hydrogen-bond donors (Lipinski definition) is 1. The molecule has 0 radical (unpaired) electrons. The molecule has 1 heterocycles. The first-order chi connectivity index (χ1) is 8.63. The molecule has 1 fully saturated rings. The van der Waals surface area contributed by atoms with Gasteiger partial charge in [0.15, 0.2) is 0 Å². The van der Waals surface area contributed by atoms with Crippen molar-refractivity contribution in [1.82, 2.24) is 10.2 Å². The molecule has 1 aliphatic rings. The molecule has 0 bridgehead atoms. The third kappa shape index (κ3) is 3.85. The number of carbonyl (C=O) groups is 1. The molecule has 2 rings (SSSR count). The second-order valence-corrected chi connectivity index (χ2v) is 5.80. The summed E-state index contributed by atoms with van der Waals surface area (Å²) in [6, 6.07) is 5.67. The SMILES string of the molecule is CNCC1CCCN1C(=O)c1ccc(Br)cc1Cl.Cl. The molecular formula is C13H17BrCl2N2O. The van der Waals surface area contributed by atoms with Crippen LogP contribution in [0.4, 0.5) is 0 Å². The number of rotatable bonds is 3. The molecule has 6 heteroatoms. The number of nitrogens with zero attached hydrogens (tertiary/aromatic N) is 1. The van der Waals surface area contributed by atoms with Gasteiger partial charge in [0.1, 0.15) is 0 Å². The van der Waals surface area contributed by atoms with Gasteiger partial charge in [-0.05, 0) is 38.1 Å². The summed E-state index contributed by atoms with van der Waals surface area (Å²) in [5.74, 6) is 0.0326. The van der Waals surface area contributed by atoms with Crippen LogP contribution in [0.1, 0.15) is 23.2 Å². The Morgan fingerprint density at radius 3 is 2.95 bits per heavy atom. The van der Waals surface area contributed by atoms with Crippen LogP contribution in [0, 0.1) is 0 Å². The number of amides is 1. The van der Waals surface area contributed by atoms with E-state index in [1.807, 2.05) is 18.0 Å². The highest BCUT2D eigenvalue weighted by Crippen LogP contribution is 2.26. The van der Waals surface area contributed by atoms with Crippen LogP contribution in [0.25, 0.3) is 0 Å². The van der Waals surface area contributed by atoms with Gasteiger partial charge in [-0.3, -0.25) is 4.79 Å². The molecule has 1 saturated heterocycles. The lowest BCUT2D eigenvalue weighted by atomic mass is 10.1. The summed E-state index contributed by atoms with van der Waals surface area (Å²) in [6.45, 7) is 1.65.